The number of benzene rings is 2. The average molecular weight is 281 g/mol. The van der Waals surface area contributed by atoms with Crippen molar-refractivity contribution in [2.75, 3.05) is 5.32 Å². The zero-order valence-electron chi connectivity index (χ0n) is 10.9. The van der Waals surface area contributed by atoms with Gasteiger partial charge in [-0.3, -0.25) is 4.98 Å². The maximum Gasteiger partial charge on any atom is 0.417 e. The number of carbonyl (C=O) groups is 1. The molecule has 2 amide bonds. The van der Waals surface area contributed by atoms with Gasteiger partial charge in [0.15, 0.2) is 5.58 Å². The molecular formula is C15H11N3O3. The maximum absolute atomic E-state index is 11.3. The minimum Gasteiger partial charge on any atom is -0.408 e. The van der Waals surface area contributed by atoms with Crippen molar-refractivity contribution in [3.05, 3.63) is 52.5 Å². The van der Waals surface area contributed by atoms with Crippen LogP contribution < -0.4 is 16.4 Å². The second-order valence-electron chi connectivity index (χ2n) is 4.91. The Labute approximate surface area is 118 Å². The van der Waals surface area contributed by atoms with Crippen molar-refractivity contribution in [1.82, 2.24) is 10.3 Å². The molecule has 1 aliphatic heterocycles. The topological polar surface area (TPSA) is 87.1 Å². The molecule has 0 radical (unpaired) electrons. The average Bonchev–Trinajstić information content (AvgIpc) is 2.85. The van der Waals surface area contributed by atoms with Crippen molar-refractivity contribution in [2.45, 2.75) is 6.54 Å². The number of aromatic amines is 1. The fraction of sp³-hybridized carbons (Fsp3) is 0.0667. The van der Waals surface area contributed by atoms with Crippen LogP contribution in [0.25, 0.3) is 22.2 Å². The molecule has 0 saturated heterocycles. The number of hydrogen-bond acceptors (Lipinski definition) is 3. The highest BCUT2D eigenvalue weighted by atomic mass is 16.4. The molecule has 0 spiro atoms. The first-order valence-electron chi connectivity index (χ1n) is 6.50. The molecule has 2 aromatic carbocycles. The van der Waals surface area contributed by atoms with E-state index >= 15 is 0 Å². The normalized spacial score (nSPS) is 13.6. The van der Waals surface area contributed by atoms with E-state index in [1.807, 2.05) is 30.3 Å². The Balaban J connectivity index is 1.81. The number of amides is 2. The van der Waals surface area contributed by atoms with Gasteiger partial charge in [0, 0.05) is 12.2 Å². The SMILES string of the molecule is O=C1NCc2cc(-c3ccc4oc(=O)[nH]c4c3)ccc2N1. The third-order valence-corrected chi connectivity index (χ3v) is 3.55. The van der Waals surface area contributed by atoms with E-state index in [1.165, 1.54) is 0 Å². The summed E-state index contributed by atoms with van der Waals surface area (Å²) in [6, 6.07) is 11.2. The largest absolute Gasteiger partial charge is 0.417 e. The standard InChI is InChI=1S/C15H11N3O3/c19-14-16-7-10-5-8(1-3-11(10)17-14)9-2-4-13-12(6-9)18-15(20)21-13/h1-6H,7H2,(H,18,20)(H2,16,17,19). The number of anilines is 1. The summed E-state index contributed by atoms with van der Waals surface area (Å²) in [5.41, 5.74) is 5.03. The highest BCUT2D eigenvalue weighted by Crippen LogP contribution is 2.28. The number of oxazole rings is 1. The van der Waals surface area contributed by atoms with Gasteiger partial charge in [-0.25, -0.2) is 9.59 Å². The molecular weight excluding hydrogens is 270 g/mol. The van der Waals surface area contributed by atoms with Gasteiger partial charge in [0.05, 0.1) is 5.52 Å². The zero-order chi connectivity index (χ0) is 14.4. The van der Waals surface area contributed by atoms with Gasteiger partial charge >= 0.3 is 11.8 Å². The van der Waals surface area contributed by atoms with Crippen LogP contribution in [-0.2, 0) is 6.54 Å². The summed E-state index contributed by atoms with van der Waals surface area (Å²) >= 11 is 0. The number of H-pyrrole nitrogens is 1. The lowest BCUT2D eigenvalue weighted by atomic mass is 10.0. The van der Waals surface area contributed by atoms with E-state index in [4.69, 9.17) is 4.42 Å². The molecule has 6 heteroatoms. The quantitative estimate of drug-likeness (QED) is 0.640. The Morgan fingerprint density at radius 3 is 2.71 bits per heavy atom. The number of rotatable bonds is 1. The molecule has 1 aliphatic rings. The van der Waals surface area contributed by atoms with Gasteiger partial charge < -0.3 is 15.1 Å². The molecule has 0 saturated carbocycles. The molecule has 0 fully saturated rings. The molecule has 6 nitrogen and oxygen atoms in total. The van der Waals surface area contributed by atoms with E-state index in [1.54, 1.807) is 6.07 Å². The van der Waals surface area contributed by atoms with E-state index in [9.17, 15) is 9.59 Å². The van der Waals surface area contributed by atoms with Crippen molar-refractivity contribution < 1.29 is 9.21 Å². The highest BCUT2D eigenvalue weighted by molar-refractivity contribution is 5.93. The molecule has 3 N–H and O–H groups in total. The van der Waals surface area contributed by atoms with Gasteiger partial charge in [0.1, 0.15) is 0 Å². The molecule has 104 valence electrons. The Morgan fingerprint density at radius 1 is 1.00 bits per heavy atom. The molecule has 4 rings (SSSR count). The number of fused-ring (bicyclic) bond motifs is 2. The smallest absolute Gasteiger partial charge is 0.408 e. The van der Waals surface area contributed by atoms with Gasteiger partial charge in [0.2, 0.25) is 0 Å². The lowest BCUT2D eigenvalue weighted by Crippen LogP contribution is -2.33. The minimum absolute atomic E-state index is 0.187. The maximum atomic E-state index is 11.3. The van der Waals surface area contributed by atoms with Gasteiger partial charge in [-0.15, -0.1) is 0 Å². The van der Waals surface area contributed by atoms with Crippen molar-refractivity contribution in [1.29, 1.82) is 0 Å². The molecule has 1 aromatic heterocycles. The predicted molar refractivity (Wildman–Crippen MR) is 78.1 cm³/mol. The van der Waals surface area contributed by atoms with Crippen LogP contribution in [0, 0.1) is 0 Å². The van der Waals surface area contributed by atoms with Gasteiger partial charge in [-0.1, -0.05) is 12.1 Å². The number of aromatic nitrogens is 1. The third kappa shape index (κ3) is 1.97. The zero-order valence-corrected chi connectivity index (χ0v) is 10.9. The van der Waals surface area contributed by atoms with E-state index in [2.05, 4.69) is 15.6 Å². The minimum atomic E-state index is -0.459. The molecule has 3 aromatic rings. The van der Waals surface area contributed by atoms with Crippen molar-refractivity contribution in [3.8, 4) is 11.1 Å². The summed E-state index contributed by atoms with van der Waals surface area (Å²) in [7, 11) is 0. The lowest BCUT2D eigenvalue weighted by molar-refractivity contribution is 0.251. The first-order chi connectivity index (χ1) is 10.2. The molecule has 0 bridgehead atoms. The summed E-state index contributed by atoms with van der Waals surface area (Å²) in [5.74, 6) is -0.459. The van der Waals surface area contributed by atoms with E-state index in [0.717, 1.165) is 22.4 Å². The molecule has 21 heavy (non-hydrogen) atoms. The second kappa shape index (κ2) is 4.24. The van der Waals surface area contributed by atoms with Crippen molar-refractivity contribution in [2.24, 2.45) is 0 Å². The monoisotopic (exact) mass is 281 g/mol. The number of carbonyl (C=O) groups excluding carboxylic acids is 1. The Hall–Kier alpha value is -3.02. The summed E-state index contributed by atoms with van der Waals surface area (Å²) < 4.78 is 4.99. The van der Waals surface area contributed by atoms with Crippen LogP contribution in [0.15, 0.2) is 45.6 Å². The summed E-state index contributed by atoms with van der Waals surface area (Å²) in [4.78, 5) is 25.1. The summed E-state index contributed by atoms with van der Waals surface area (Å²) in [6.45, 7) is 0.500. The Morgan fingerprint density at radius 2 is 1.81 bits per heavy atom. The van der Waals surface area contributed by atoms with Crippen LogP contribution in [0.4, 0.5) is 10.5 Å². The second-order valence-corrected chi connectivity index (χ2v) is 4.91. The van der Waals surface area contributed by atoms with Crippen molar-refractivity contribution >= 4 is 22.8 Å². The third-order valence-electron chi connectivity index (χ3n) is 3.55. The van der Waals surface area contributed by atoms with E-state index in [0.29, 0.717) is 17.6 Å². The van der Waals surface area contributed by atoms with Gasteiger partial charge in [0.25, 0.3) is 0 Å². The summed E-state index contributed by atoms with van der Waals surface area (Å²) in [5, 5.41) is 5.50. The molecule has 0 aliphatic carbocycles. The van der Waals surface area contributed by atoms with E-state index < -0.39 is 5.76 Å². The van der Waals surface area contributed by atoms with Crippen LogP contribution in [0.3, 0.4) is 0 Å². The fourth-order valence-corrected chi connectivity index (χ4v) is 2.52. The Bertz CT molecular complexity index is 923. The first kappa shape index (κ1) is 11.8. The number of hydrogen-bond donors (Lipinski definition) is 3. The first-order valence-corrected chi connectivity index (χ1v) is 6.50. The van der Waals surface area contributed by atoms with Gasteiger partial charge in [-0.05, 0) is 41.0 Å². The van der Waals surface area contributed by atoms with Crippen LogP contribution in [0.2, 0.25) is 0 Å². The molecule has 0 atom stereocenters. The van der Waals surface area contributed by atoms with Crippen LogP contribution >= 0.6 is 0 Å². The fourth-order valence-electron chi connectivity index (χ4n) is 2.52. The van der Waals surface area contributed by atoms with Crippen molar-refractivity contribution in [3.63, 3.8) is 0 Å². The summed E-state index contributed by atoms with van der Waals surface area (Å²) in [6.07, 6.45) is 0. The molecule has 0 unspecified atom stereocenters. The van der Waals surface area contributed by atoms with Gasteiger partial charge in [-0.2, -0.15) is 0 Å². The van der Waals surface area contributed by atoms with Crippen LogP contribution in [-0.4, -0.2) is 11.0 Å². The van der Waals surface area contributed by atoms with Crippen LogP contribution in [0.1, 0.15) is 5.56 Å². The highest BCUT2D eigenvalue weighted by Gasteiger charge is 2.14. The molecule has 2 heterocycles. The van der Waals surface area contributed by atoms with Crippen LogP contribution in [0.5, 0.6) is 0 Å². The predicted octanol–water partition coefficient (Wildman–Crippen LogP) is 2.42. The number of urea groups is 1. The Kier molecular flexibility index (Phi) is 2.38. The van der Waals surface area contributed by atoms with E-state index in [-0.39, 0.29) is 6.03 Å². The lowest BCUT2D eigenvalue weighted by Gasteiger charge is -2.19. The number of nitrogens with one attached hydrogen (secondary N) is 3.